The summed E-state index contributed by atoms with van der Waals surface area (Å²) in [5.41, 5.74) is 2.17. The summed E-state index contributed by atoms with van der Waals surface area (Å²) < 4.78 is 10.6. The van der Waals surface area contributed by atoms with E-state index < -0.39 is 6.09 Å². The number of nitrogens with one attached hydrogen (secondary N) is 1. The maximum Gasteiger partial charge on any atom is 0.409 e. The summed E-state index contributed by atoms with van der Waals surface area (Å²) in [6, 6.07) is 0. The highest BCUT2D eigenvalue weighted by molar-refractivity contribution is 5.77. The van der Waals surface area contributed by atoms with Crippen molar-refractivity contribution in [3.05, 3.63) is 23.3 Å². The van der Waals surface area contributed by atoms with Crippen LogP contribution in [0.2, 0.25) is 0 Å². The minimum atomic E-state index is -0.430. The zero-order valence-electron chi connectivity index (χ0n) is 8.68. The smallest absolute Gasteiger partial charge is 0.409 e. The first kappa shape index (κ1) is 9.59. The van der Waals surface area contributed by atoms with Crippen molar-refractivity contribution in [3.63, 3.8) is 0 Å². The van der Waals surface area contributed by atoms with Crippen molar-refractivity contribution in [2.24, 2.45) is 4.99 Å². The second kappa shape index (κ2) is 3.75. The van der Waals surface area contributed by atoms with E-state index in [0.717, 1.165) is 17.6 Å². The van der Waals surface area contributed by atoms with Crippen LogP contribution >= 0.6 is 0 Å². The van der Waals surface area contributed by atoms with Gasteiger partial charge in [-0.05, 0) is 23.6 Å². The first-order valence-electron chi connectivity index (χ1n) is 5.32. The number of nitrogens with zero attached hydrogens (tertiary/aromatic N) is 1. The SMILES string of the molecule is O=C1NC2N=CC=CC2=C2CCOCC2O1. The first-order valence-corrected chi connectivity index (χ1v) is 5.32. The molecule has 3 rings (SSSR count). The highest BCUT2D eigenvalue weighted by atomic mass is 16.6. The van der Waals surface area contributed by atoms with Gasteiger partial charge in [0.1, 0.15) is 12.3 Å². The number of carbonyl (C=O) groups excluding carboxylic acids is 1. The third kappa shape index (κ3) is 1.53. The number of fused-ring (bicyclic) bond motifs is 2. The maximum atomic E-state index is 11.5. The molecule has 84 valence electrons. The molecule has 3 heterocycles. The number of alkyl carbamates (subject to hydrolysis) is 1. The molecule has 0 aromatic heterocycles. The molecule has 2 unspecified atom stereocenters. The van der Waals surface area contributed by atoms with Gasteiger partial charge < -0.3 is 9.47 Å². The van der Waals surface area contributed by atoms with Gasteiger partial charge in [0.05, 0.1) is 13.2 Å². The molecule has 0 radical (unpaired) electrons. The molecule has 5 heteroatoms. The standard InChI is InChI=1S/C11H12N2O3/c14-11-13-10-8(2-1-4-12-10)7-3-5-15-6-9(7)16-11/h1-2,4,9-10H,3,5-6H2,(H,13,14). The van der Waals surface area contributed by atoms with Crippen LogP contribution < -0.4 is 5.32 Å². The van der Waals surface area contributed by atoms with E-state index in [0.29, 0.717) is 13.2 Å². The number of carbonyl (C=O) groups is 1. The first-order chi connectivity index (χ1) is 7.84. The monoisotopic (exact) mass is 220 g/mol. The van der Waals surface area contributed by atoms with E-state index in [1.807, 2.05) is 12.2 Å². The van der Waals surface area contributed by atoms with Gasteiger partial charge in [0.2, 0.25) is 0 Å². The Hall–Kier alpha value is -1.62. The van der Waals surface area contributed by atoms with Crippen LogP contribution in [0.15, 0.2) is 28.3 Å². The normalized spacial score (nSPS) is 32.4. The minimum absolute atomic E-state index is 0.258. The van der Waals surface area contributed by atoms with Gasteiger partial charge in [-0.25, -0.2) is 4.79 Å². The molecule has 1 N–H and O–H groups in total. The lowest BCUT2D eigenvalue weighted by Crippen LogP contribution is -2.35. The number of dihydropyridines is 1. The molecule has 0 saturated carbocycles. The summed E-state index contributed by atoms with van der Waals surface area (Å²) in [7, 11) is 0. The Morgan fingerprint density at radius 2 is 2.44 bits per heavy atom. The number of hydrogen-bond acceptors (Lipinski definition) is 4. The molecule has 0 aliphatic carbocycles. The molecule has 0 aromatic carbocycles. The van der Waals surface area contributed by atoms with Gasteiger partial charge in [-0.2, -0.15) is 0 Å². The van der Waals surface area contributed by atoms with Crippen LogP contribution in [0.5, 0.6) is 0 Å². The van der Waals surface area contributed by atoms with Crippen LogP contribution in [0.3, 0.4) is 0 Å². The van der Waals surface area contributed by atoms with Crippen LogP contribution in [-0.2, 0) is 9.47 Å². The van der Waals surface area contributed by atoms with Crippen molar-refractivity contribution in [2.45, 2.75) is 18.7 Å². The molecule has 0 bridgehead atoms. The van der Waals surface area contributed by atoms with E-state index in [2.05, 4.69) is 10.3 Å². The molecule has 3 aliphatic heterocycles. The quantitative estimate of drug-likeness (QED) is 0.656. The summed E-state index contributed by atoms with van der Waals surface area (Å²) in [5.74, 6) is 0. The average Bonchev–Trinajstić information content (AvgIpc) is 2.44. The highest BCUT2D eigenvalue weighted by Crippen LogP contribution is 2.28. The Balaban J connectivity index is 2.03. The predicted molar refractivity (Wildman–Crippen MR) is 57.3 cm³/mol. The molecule has 0 spiro atoms. The van der Waals surface area contributed by atoms with Crippen molar-refractivity contribution < 1.29 is 14.3 Å². The molecule has 1 amide bonds. The van der Waals surface area contributed by atoms with E-state index in [4.69, 9.17) is 9.47 Å². The van der Waals surface area contributed by atoms with Crippen LogP contribution in [0, 0.1) is 0 Å². The molecular weight excluding hydrogens is 208 g/mol. The van der Waals surface area contributed by atoms with Crippen molar-refractivity contribution in [2.75, 3.05) is 13.2 Å². The molecule has 3 aliphatic rings. The molecule has 5 nitrogen and oxygen atoms in total. The lowest BCUT2D eigenvalue weighted by atomic mass is 9.95. The Morgan fingerprint density at radius 1 is 1.50 bits per heavy atom. The lowest BCUT2D eigenvalue weighted by Gasteiger charge is -2.25. The minimum Gasteiger partial charge on any atom is -0.439 e. The van der Waals surface area contributed by atoms with Crippen molar-refractivity contribution in [3.8, 4) is 0 Å². The number of aliphatic imine (C=N–C) groups is 1. The fourth-order valence-electron chi connectivity index (χ4n) is 2.20. The summed E-state index contributed by atoms with van der Waals surface area (Å²) >= 11 is 0. The predicted octanol–water partition coefficient (Wildman–Crippen LogP) is 0.778. The third-order valence-electron chi connectivity index (χ3n) is 2.94. The Bertz CT molecular complexity index is 411. The van der Waals surface area contributed by atoms with Gasteiger partial charge in [-0.3, -0.25) is 10.3 Å². The Kier molecular flexibility index (Phi) is 2.25. The molecule has 0 aromatic rings. The van der Waals surface area contributed by atoms with E-state index in [9.17, 15) is 4.79 Å². The van der Waals surface area contributed by atoms with Gasteiger partial charge in [0.25, 0.3) is 0 Å². The Morgan fingerprint density at radius 3 is 3.38 bits per heavy atom. The van der Waals surface area contributed by atoms with E-state index in [-0.39, 0.29) is 12.3 Å². The second-order valence-corrected chi connectivity index (χ2v) is 3.90. The van der Waals surface area contributed by atoms with E-state index in [1.54, 1.807) is 6.21 Å². The van der Waals surface area contributed by atoms with E-state index >= 15 is 0 Å². The van der Waals surface area contributed by atoms with Crippen molar-refractivity contribution in [1.29, 1.82) is 0 Å². The zero-order chi connectivity index (χ0) is 11.0. The van der Waals surface area contributed by atoms with Crippen LogP contribution in [0.1, 0.15) is 6.42 Å². The molecule has 1 fully saturated rings. The van der Waals surface area contributed by atoms with Crippen molar-refractivity contribution >= 4 is 12.3 Å². The third-order valence-corrected chi connectivity index (χ3v) is 2.94. The van der Waals surface area contributed by atoms with Crippen LogP contribution in [0.25, 0.3) is 0 Å². The highest BCUT2D eigenvalue weighted by Gasteiger charge is 2.32. The Labute approximate surface area is 92.8 Å². The van der Waals surface area contributed by atoms with Gasteiger partial charge in [0, 0.05) is 6.21 Å². The molecule has 2 atom stereocenters. The van der Waals surface area contributed by atoms with Gasteiger partial charge in [0.15, 0.2) is 0 Å². The largest absolute Gasteiger partial charge is 0.439 e. The number of ether oxygens (including phenoxy) is 2. The summed E-state index contributed by atoms with van der Waals surface area (Å²) in [6.07, 6.45) is 5.37. The van der Waals surface area contributed by atoms with Crippen LogP contribution in [0.4, 0.5) is 4.79 Å². The lowest BCUT2D eigenvalue weighted by molar-refractivity contribution is 0.0154. The number of hydrogen-bond donors (Lipinski definition) is 1. The molecule has 1 saturated heterocycles. The zero-order valence-corrected chi connectivity index (χ0v) is 8.68. The number of rotatable bonds is 0. The summed E-state index contributed by atoms with van der Waals surface area (Å²) in [4.78, 5) is 15.7. The summed E-state index contributed by atoms with van der Waals surface area (Å²) in [6.45, 7) is 1.12. The fourth-order valence-corrected chi connectivity index (χ4v) is 2.20. The van der Waals surface area contributed by atoms with Gasteiger partial charge in [-0.1, -0.05) is 6.08 Å². The number of amides is 1. The average molecular weight is 220 g/mol. The summed E-state index contributed by atoms with van der Waals surface area (Å²) in [5, 5.41) is 2.71. The maximum absolute atomic E-state index is 11.5. The second-order valence-electron chi connectivity index (χ2n) is 3.90. The van der Waals surface area contributed by atoms with Crippen LogP contribution in [-0.4, -0.2) is 37.8 Å². The van der Waals surface area contributed by atoms with Gasteiger partial charge in [-0.15, -0.1) is 0 Å². The van der Waals surface area contributed by atoms with Crippen molar-refractivity contribution in [1.82, 2.24) is 5.32 Å². The number of allylic oxidation sites excluding steroid dienone is 1. The fraction of sp³-hybridized carbons (Fsp3) is 0.455. The topological polar surface area (TPSA) is 59.9 Å². The van der Waals surface area contributed by atoms with E-state index in [1.165, 1.54) is 0 Å². The molecule has 16 heavy (non-hydrogen) atoms. The molecular formula is C11H12N2O3. The van der Waals surface area contributed by atoms with Gasteiger partial charge >= 0.3 is 6.09 Å².